The highest BCUT2D eigenvalue weighted by Gasteiger charge is 2.64. The van der Waals surface area contributed by atoms with Crippen LogP contribution in [0.5, 0.6) is 0 Å². The Kier molecular flexibility index (Phi) is 21.7. The standard InChI is InChI=1S/C19H22BrN5O.C18H17BrN4.C17H17BrN2O.C16H15BrO3.CH6N2.CH5NO.ClH/c1-11-14-10-18(7-6-16(14)24(2)23-11)9-12-4-5-13(20)8-15(12)19(18)22-17(21)25(3)26-19;1-11-15-9-18(6-5-16(15)23(2)22-11)8-12-3-4-13(19)7-14(12)17(18)21-10-20;1-10-14-9-17(6-5-15(14)20(2)19-10)8-11-3-4-12(18)7-13(11)16(17)21;1-9(18)13-8-16(5-4-14(13)19)7-10-2-3-11(17)6-12(10)15(16)20;1-3-2;1-2-3;/h4-5,8H,6-7,9-10H2,1-3H3,(H2,21,22);3-4,7H,5-6,8-9H2,1-2H3;3-4,7H,5-6,8-9H2,1-2H3;2-3,6,13H,4-5,7-8H2,1H3;3H,2H2,1H3;2-3H,1H3;1H. The summed E-state index contributed by atoms with van der Waals surface area (Å²) >= 11 is 14.0. The Labute approximate surface area is 606 Å². The van der Waals surface area contributed by atoms with Crippen LogP contribution in [0, 0.1) is 59.8 Å². The van der Waals surface area contributed by atoms with Crippen LogP contribution in [0.15, 0.2) is 101 Å². The number of benzene rings is 4. The van der Waals surface area contributed by atoms with E-state index in [-0.39, 0.29) is 46.0 Å². The predicted octanol–water partition coefficient (Wildman–Crippen LogP) is 11.7. The van der Waals surface area contributed by atoms with Crippen LogP contribution in [0.25, 0.3) is 0 Å². The number of hydroxylamine groups is 3. The fourth-order valence-electron chi connectivity index (χ4n) is 17.0. The molecule has 4 heterocycles. The zero-order valence-electron chi connectivity index (χ0n) is 56.4. The summed E-state index contributed by atoms with van der Waals surface area (Å²) in [6, 6.07) is 24.6. The number of carbonyl (C=O) groups is 4. The van der Waals surface area contributed by atoms with Gasteiger partial charge in [0.25, 0.3) is 0 Å². The molecule has 3 aromatic heterocycles. The number of hydrogen-bond donors (Lipinski definition) is 5. The van der Waals surface area contributed by atoms with E-state index in [0.29, 0.717) is 37.4 Å². The lowest BCUT2D eigenvalue weighted by molar-refractivity contribution is -0.224. The summed E-state index contributed by atoms with van der Waals surface area (Å²) in [5, 5.41) is 31.9. The molecule has 1 aliphatic heterocycles. The highest BCUT2D eigenvalue weighted by atomic mass is 79.9. The van der Waals surface area contributed by atoms with Crippen molar-refractivity contribution in [3.63, 3.8) is 0 Å². The number of nitriles is 1. The maximum Gasteiger partial charge on any atom is 0.221 e. The van der Waals surface area contributed by atoms with Crippen LogP contribution in [0.1, 0.15) is 150 Å². The van der Waals surface area contributed by atoms with Crippen molar-refractivity contribution in [2.75, 3.05) is 21.1 Å². The van der Waals surface area contributed by atoms with Gasteiger partial charge in [-0.15, -0.1) is 12.4 Å². The molecule has 6 unspecified atom stereocenters. The summed E-state index contributed by atoms with van der Waals surface area (Å²) in [5.41, 5.74) is 29.4. The molecule has 5 spiro atoms. The summed E-state index contributed by atoms with van der Waals surface area (Å²) in [6.45, 7) is 7.69. The largest absolute Gasteiger partial charge is 0.368 e. The van der Waals surface area contributed by atoms with E-state index in [1.54, 1.807) is 17.6 Å². The number of nitrogens with zero attached hydrogens (tertiary/aromatic N) is 10. The van der Waals surface area contributed by atoms with Crippen LogP contribution < -0.4 is 22.5 Å². The second kappa shape index (κ2) is 28.7. The third-order valence-corrected chi connectivity index (χ3v) is 23.5. The van der Waals surface area contributed by atoms with Gasteiger partial charge < -0.3 is 10.9 Å². The fraction of sp³-hybridized carbons (Fsp3) is 0.444. The average Bonchev–Trinajstić information content (AvgIpc) is 1.53. The maximum absolute atomic E-state index is 13.0. The molecular weight excluding hydrogens is 1510 g/mol. The minimum Gasteiger partial charge on any atom is -0.368 e. The molecule has 6 atom stereocenters. The first kappa shape index (κ1) is 73.3. The van der Waals surface area contributed by atoms with Gasteiger partial charge in [0.05, 0.1) is 28.7 Å². The molecule has 7 N–H and O–H groups in total. The topological polar surface area (TPSA) is 279 Å². The molecule has 0 radical (unpaired) electrons. The van der Waals surface area contributed by atoms with E-state index in [1.165, 1.54) is 64.4 Å². The second-order valence-corrected chi connectivity index (χ2v) is 30.9. The summed E-state index contributed by atoms with van der Waals surface area (Å²) in [5.74, 6) is 4.75. The molecule has 97 heavy (non-hydrogen) atoms. The Bertz CT molecular complexity index is 4420. The first-order valence-corrected chi connectivity index (χ1v) is 35.6. The molecular formula is C72H83Br4ClN14O6. The van der Waals surface area contributed by atoms with E-state index in [9.17, 15) is 24.4 Å². The quantitative estimate of drug-likeness (QED) is 0.0442. The van der Waals surface area contributed by atoms with Crippen LogP contribution in [0.2, 0.25) is 0 Å². The summed E-state index contributed by atoms with van der Waals surface area (Å²) < 4.78 is 9.97. The number of ketones is 4. The first-order valence-electron chi connectivity index (χ1n) is 32.4. The van der Waals surface area contributed by atoms with E-state index in [4.69, 9.17) is 20.8 Å². The van der Waals surface area contributed by atoms with Gasteiger partial charge in [-0.05, 0) is 219 Å². The highest BCUT2D eigenvalue weighted by Crippen LogP contribution is 2.61. The third kappa shape index (κ3) is 13.3. The SMILES string of the molecule is CC(=O)C1CC2(CCC1=O)Cc1ccc(Br)cc1C2=O.CNN.CNO.Cc1nn(C)c2c1CC1(CC2)Cc2ccc(Br)cc2C12N=C(N)N(C)O2.Cc1nn(C)c2c1CC1(CC2)Cc2ccc(Br)cc2C1=NC#N.Cc1nn(C)c2c1CC1(CC2)Cc2ccc(Br)cc2C1=O.Cl. The number of aliphatic imine (C=N–C) groups is 2. The Hall–Kier alpha value is -6.37. The predicted molar refractivity (Wildman–Crippen MR) is 388 cm³/mol. The molecule has 0 bridgehead atoms. The van der Waals surface area contributed by atoms with Gasteiger partial charge in [-0.25, -0.2) is 20.4 Å². The lowest BCUT2D eigenvalue weighted by Gasteiger charge is -2.43. The van der Waals surface area contributed by atoms with Gasteiger partial charge >= 0.3 is 0 Å². The number of fused-ring (bicyclic) bond motifs is 9. The van der Waals surface area contributed by atoms with E-state index >= 15 is 0 Å². The number of halogens is 5. The number of hydrogen-bond acceptors (Lipinski definition) is 17. The number of carbonyl (C=O) groups excluding carboxylic acids is 4. The number of guanidine groups is 1. The van der Waals surface area contributed by atoms with Gasteiger partial charge in [0.15, 0.2) is 11.6 Å². The second-order valence-electron chi connectivity index (χ2n) is 27.2. The molecule has 512 valence electrons. The smallest absolute Gasteiger partial charge is 0.221 e. The number of nitrogens with two attached hydrogens (primary N) is 2. The Morgan fingerprint density at radius 2 is 1.04 bits per heavy atom. The van der Waals surface area contributed by atoms with E-state index in [2.05, 4.69) is 159 Å². The van der Waals surface area contributed by atoms with Crippen LogP contribution in [-0.2, 0) is 106 Å². The summed E-state index contributed by atoms with van der Waals surface area (Å²) in [6.07, 6.45) is 15.3. The molecule has 16 rings (SSSR count). The average molecular weight is 1600 g/mol. The molecule has 0 saturated heterocycles. The zero-order chi connectivity index (χ0) is 69.1. The van der Waals surface area contributed by atoms with Gasteiger partial charge in [0.2, 0.25) is 17.9 Å². The number of aryl methyl sites for hydroxylation is 6. The van der Waals surface area contributed by atoms with Crippen molar-refractivity contribution < 1.29 is 29.2 Å². The van der Waals surface area contributed by atoms with Crippen molar-refractivity contribution >= 4 is 111 Å². The van der Waals surface area contributed by atoms with E-state index in [1.807, 2.05) is 78.8 Å². The van der Waals surface area contributed by atoms with Crippen molar-refractivity contribution in [3.8, 4) is 6.19 Å². The highest BCUT2D eigenvalue weighted by molar-refractivity contribution is 9.11. The van der Waals surface area contributed by atoms with Crippen LogP contribution in [0.3, 0.4) is 0 Å². The Morgan fingerprint density at radius 3 is 1.54 bits per heavy atom. The molecule has 4 aromatic carbocycles. The van der Waals surface area contributed by atoms with Crippen molar-refractivity contribution in [1.29, 1.82) is 5.26 Å². The normalized spacial score (nSPS) is 24.9. The molecule has 7 aromatic rings. The molecule has 8 aliphatic carbocycles. The van der Waals surface area contributed by atoms with Gasteiger partial charge in [-0.2, -0.15) is 25.6 Å². The number of Topliss-reactive ketones (excluding diaryl/α,β-unsaturated/α-hetero) is 4. The lowest BCUT2D eigenvalue weighted by atomic mass is 9.66. The maximum atomic E-state index is 13.0. The first-order chi connectivity index (χ1) is 45.6. The molecule has 0 amide bonds. The van der Waals surface area contributed by atoms with Gasteiger partial charge in [0, 0.05) is 121 Å². The summed E-state index contributed by atoms with van der Waals surface area (Å²) in [4.78, 5) is 64.9. The Morgan fingerprint density at radius 1 is 0.629 bits per heavy atom. The van der Waals surface area contributed by atoms with E-state index in [0.717, 1.165) is 146 Å². The lowest BCUT2D eigenvalue weighted by Crippen LogP contribution is -2.47. The molecule has 20 nitrogen and oxygen atoms in total. The monoisotopic (exact) mass is 1590 g/mol. The van der Waals surface area contributed by atoms with Crippen molar-refractivity contribution in [3.05, 3.63) is 186 Å². The number of hydrazine groups is 1. The Balaban J connectivity index is 0.000000137. The number of nitrogens with one attached hydrogen (secondary N) is 2. The molecule has 1 fully saturated rings. The minimum atomic E-state index is -0.759. The summed E-state index contributed by atoms with van der Waals surface area (Å²) in [7, 11) is 11.0. The van der Waals surface area contributed by atoms with Gasteiger partial charge in [-0.1, -0.05) is 88.0 Å². The number of aromatic nitrogens is 6. The third-order valence-electron chi connectivity index (χ3n) is 21.5. The van der Waals surface area contributed by atoms with Crippen molar-refractivity contribution in [1.82, 2.24) is 45.3 Å². The molecule has 25 heteroatoms. The van der Waals surface area contributed by atoms with Crippen molar-refractivity contribution in [2.24, 2.45) is 70.3 Å². The van der Waals surface area contributed by atoms with Crippen molar-refractivity contribution in [2.45, 2.75) is 136 Å². The number of rotatable bonds is 1. The van der Waals surface area contributed by atoms with Crippen LogP contribution in [-0.4, -0.2) is 95.6 Å². The van der Waals surface area contributed by atoms with E-state index < -0.39 is 17.1 Å². The molecule has 9 aliphatic rings. The molecule has 1 saturated carbocycles. The van der Waals surface area contributed by atoms with Crippen LogP contribution in [0.4, 0.5) is 0 Å². The fourth-order valence-corrected chi connectivity index (χ4v) is 18.5. The minimum absolute atomic E-state index is 0. The van der Waals surface area contributed by atoms with Gasteiger partial charge in [0.1, 0.15) is 11.6 Å². The van der Waals surface area contributed by atoms with Gasteiger partial charge in [-0.3, -0.25) is 44.5 Å². The van der Waals surface area contributed by atoms with Crippen LogP contribution >= 0.6 is 76.1 Å². The zero-order valence-corrected chi connectivity index (χ0v) is 63.5.